The van der Waals surface area contributed by atoms with Crippen LogP contribution in [0.15, 0.2) is 12.2 Å². The van der Waals surface area contributed by atoms with Gasteiger partial charge < -0.3 is 35.4 Å². The molecule has 0 aliphatic heterocycles. The molecule has 4 aliphatic carbocycles. The van der Waals surface area contributed by atoms with E-state index in [2.05, 4.69) is 74.1 Å². The average molecular weight is 717 g/mol. The van der Waals surface area contributed by atoms with Crippen LogP contribution in [0.5, 0.6) is 0 Å². The summed E-state index contributed by atoms with van der Waals surface area (Å²) >= 11 is 0. The smallest absolute Gasteiger partial charge is 0.343 e. The summed E-state index contributed by atoms with van der Waals surface area (Å²) in [5.41, 5.74) is 2.59. The molecular formula is C34H68O8Si4. The van der Waals surface area contributed by atoms with Gasteiger partial charge in [0.05, 0.1) is 0 Å². The minimum absolute atomic E-state index is 0.426. The van der Waals surface area contributed by atoms with E-state index >= 15 is 0 Å². The van der Waals surface area contributed by atoms with Crippen LogP contribution in [-0.2, 0) is 35.4 Å². The zero-order chi connectivity index (χ0) is 33.4. The van der Waals surface area contributed by atoms with Crippen molar-refractivity contribution in [1.29, 1.82) is 0 Å². The zero-order valence-corrected chi connectivity index (χ0v) is 34.8. The van der Waals surface area contributed by atoms with Crippen molar-refractivity contribution in [2.45, 2.75) is 123 Å². The first-order chi connectivity index (χ1) is 22.1. The van der Waals surface area contributed by atoms with Crippen molar-refractivity contribution in [3.05, 3.63) is 12.2 Å². The molecule has 268 valence electrons. The van der Waals surface area contributed by atoms with Gasteiger partial charge in [-0.3, -0.25) is 0 Å². The molecular weight excluding hydrogens is 649 g/mol. The molecule has 0 aromatic rings. The lowest BCUT2D eigenvalue weighted by atomic mass is 9.90. The minimum atomic E-state index is -2.72. The van der Waals surface area contributed by atoms with Crippen molar-refractivity contribution < 1.29 is 35.4 Å². The molecule has 3 fully saturated rings. The summed E-state index contributed by atoms with van der Waals surface area (Å²) in [6.07, 6.45) is 11.0. The van der Waals surface area contributed by atoms with Gasteiger partial charge in [0.2, 0.25) is 0 Å². The number of rotatable bonds is 24. The van der Waals surface area contributed by atoms with Gasteiger partial charge in [-0.15, -0.1) is 0 Å². The van der Waals surface area contributed by atoms with Crippen LogP contribution in [0.4, 0.5) is 0 Å². The molecule has 0 saturated heterocycles. The van der Waals surface area contributed by atoms with Crippen LogP contribution in [0.1, 0.15) is 87.5 Å². The first-order valence-corrected chi connectivity index (χ1v) is 27.9. The molecule has 0 aromatic heterocycles. The third kappa shape index (κ3) is 8.59. The molecule has 4 rings (SSSR count). The summed E-state index contributed by atoms with van der Waals surface area (Å²) in [6, 6.07) is 1.01. The molecule has 0 spiro atoms. The van der Waals surface area contributed by atoms with Gasteiger partial charge in [-0.2, -0.15) is 0 Å². The van der Waals surface area contributed by atoms with Gasteiger partial charge >= 0.3 is 34.2 Å². The van der Waals surface area contributed by atoms with Crippen molar-refractivity contribution in [3.8, 4) is 0 Å². The monoisotopic (exact) mass is 716 g/mol. The number of hydrogen-bond donors (Lipinski definition) is 0. The highest BCUT2D eigenvalue weighted by Gasteiger charge is 2.64. The lowest BCUT2D eigenvalue weighted by Crippen LogP contribution is -2.60. The first-order valence-electron chi connectivity index (χ1n) is 18.9. The van der Waals surface area contributed by atoms with Gasteiger partial charge in [-0.05, 0) is 130 Å². The van der Waals surface area contributed by atoms with E-state index in [1.165, 1.54) is 32.1 Å². The summed E-state index contributed by atoms with van der Waals surface area (Å²) in [4.78, 5) is 0. The molecule has 0 N–H and O–H groups in total. The molecule has 3 saturated carbocycles. The highest BCUT2D eigenvalue weighted by atomic mass is 28.4. The Labute approximate surface area is 285 Å². The second-order valence-electron chi connectivity index (χ2n) is 14.2. The lowest BCUT2D eigenvalue weighted by molar-refractivity contribution is 0.136. The standard InChI is InChI=1S/C34H68O8Si4/c1-10-35-43(9,36-11-2)26-45(39-14-5,40-15-6)34-24-29-21-31(32(34)22-29)25-44(37-12-3,38-13-4)27-46(41-16-7,42-17-8)33-23-28-18-19-30(33)20-28/h18-19,28-34H,10-17,20-27H2,1-9H3. The van der Waals surface area contributed by atoms with Crippen molar-refractivity contribution >= 4 is 34.2 Å². The normalized spacial score (nSPS) is 29.5. The summed E-state index contributed by atoms with van der Waals surface area (Å²) in [5, 5.41) is 0. The molecule has 0 heterocycles. The molecule has 0 radical (unpaired) electrons. The second-order valence-corrected chi connectivity index (χ2v) is 28.5. The summed E-state index contributed by atoms with van der Waals surface area (Å²) in [6.45, 7) is 24.6. The van der Waals surface area contributed by atoms with Crippen molar-refractivity contribution in [3.63, 3.8) is 0 Å². The fourth-order valence-corrected chi connectivity index (χ4v) is 33.1. The summed E-state index contributed by atoms with van der Waals surface area (Å²) < 4.78 is 54.5. The average Bonchev–Trinajstić information content (AvgIpc) is 3.80. The van der Waals surface area contributed by atoms with E-state index in [0.29, 0.717) is 93.5 Å². The SMILES string of the molecule is CCO[Si](C)(C[Si](OCC)(OCC)C1CC2CC(C[Si](C[Si](OCC)(OCC)C3CC4C=CC3C4)(OCC)OCC)C1C2)OCC. The number of hydrogen-bond acceptors (Lipinski definition) is 8. The van der Waals surface area contributed by atoms with Crippen LogP contribution in [0, 0.1) is 29.6 Å². The molecule has 7 unspecified atom stereocenters. The van der Waals surface area contributed by atoms with Crippen molar-refractivity contribution in [2.75, 3.05) is 52.9 Å². The third-order valence-electron chi connectivity index (χ3n) is 11.3. The maximum atomic E-state index is 6.98. The fourth-order valence-electron chi connectivity index (χ4n) is 10.3. The Hall–Kier alpha value is 0.288. The molecule has 4 bridgehead atoms. The second kappa shape index (κ2) is 17.5. The Morgan fingerprint density at radius 1 is 0.522 bits per heavy atom. The van der Waals surface area contributed by atoms with Gasteiger partial charge in [0.1, 0.15) is 0 Å². The van der Waals surface area contributed by atoms with E-state index in [4.69, 9.17) is 35.4 Å². The maximum Gasteiger partial charge on any atom is 0.343 e. The van der Waals surface area contributed by atoms with Gasteiger partial charge in [-0.1, -0.05) is 12.2 Å². The highest BCUT2D eigenvalue weighted by Crippen LogP contribution is 2.62. The first kappa shape index (κ1) is 39.1. The molecule has 46 heavy (non-hydrogen) atoms. The predicted molar refractivity (Wildman–Crippen MR) is 193 cm³/mol. The van der Waals surface area contributed by atoms with Gasteiger partial charge in [0, 0.05) is 75.3 Å². The Balaban J connectivity index is 1.67. The number of allylic oxidation sites excluding steroid dienone is 2. The van der Waals surface area contributed by atoms with Crippen LogP contribution in [-0.4, -0.2) is 87.1 Å². The molecule has 12 heteroatoms. The largest absolute Gasteiger partial charge is 0.395 e. The molecule has 4 aliphatic rings. The predicted octanol–water partition coefficient (Wildman–Crippen LogP) is 8.14. The van der Waals surface area contributed by atoms with Crippen LogP contribution >= 0.6 is 0 Å². The topological polar surface area (TPSA) is 73.8 Å². The summed E-state index contributed by atoms with van der Waals surface area (Å²) in [5.74, 6) is 3.01. The van der Waals surface area contributed by atoms with Crippen LogP contribution in [0.3, 0.4) is 0 Å². The van der Waals surface area contributed by atoms with Gasteiger partial charge in [0.25, 0.3) is 0 Å². The quantitative estimate of drug-likeness (QED) is 0.0733. The molecule has 0 aromatic carbocycles. The van der Waals surface area contributed by atoms with E-state index in [1.807, 2.05) is 0 Å². The Bertz CT molecular complexity index is 932. The molecule has 7 atom stereocenters. The molecule has 0 amide bonds. The fraction of sp³-hybridized carbons (Fsp3) is 0.941. The Morgan fingerprint density at radius 3 is 1.48 bits per heavy atom. The zero-order valence-electron chi connectivity index (χ0n) is 30.8. The molecule has 8 nitrogen and oxygen atoms in total. The van der Waals surface area contributed by atoms with E-state index < -0.39 is 34.2 Å². The maximum absolute atomic E-state index is 6.98. The highest BCUT2D eigenvalue weighted by molar-refractivity contribution is 6.87. The van der Waals surface area contributed by atoms with Crippen LogP contribution in [0.2, 0.25) is 35.0 Å². The van der Waals surface area contributed by atoms with E-state index in [0.717, 1.165) is 17.4 Å². The third-order valence-corrected chi connectivity index (χ3v) is 31.2. The lowest BCUT2D eigenvalue weighted by Gasteiger charge is -2.46. The van der Waals surface area contributed by atoms with Gasteiger partial charge in [0.15, 0.2) is 0 Å². The van der Waals surface area contributed by atoms with E-state index in [-0.39, 0.29) is 0 Å². The van der Waals surface area contributed by atoms with Crippen molar-refractivity contribution in [1.82, 2.24) is 0 Å². The van der Waals surface area contributed by atoms with Gasteiger partial charge in [-0.25, -0.2) is 0 Å². The van der Waals surface area contributed by atoms with E-state index in [1.54, 1.807) is 0 Å². The Kier molecular flexibility index (Phi) is 14.8. The number of fused-ring (bicyclic) bond motifs is 4. The Morgan fingerprint density at radius 2 is 1.04 bits per heavy atom. The van der Waals surface area contributed by atoms with Crippen LogP contribution < -0.4 is 0 Å². The summed E-state index contributed by atoms with van der Waals surface area (Å²) in [7, 11) is -10.5. The van der Waals surface area contributed by atoms with Crippen molar-refractivity contribution in [2.24, 2.45) is 29.6 Å². The van der Waals surface area contributed by atoms with Crippen LogP contribution in [0.25, 0.3) is 0 Å². The van der Waals surface area contributed by atoms with E-state index in [9.17, 15) is 0 Å². The minimum Gasteiger partial charge on any atom is -0.395 e.